The Labute approximate surface area is 135 Å². The van der Waals surface area contributed by atoms with Crippen LogP contribution in [0.15, 0.2) is 36.4 Å². The lowest BCUT2D eigenvalue weighted by molar-refractivity contribution is 0.304. The van der Waals surface area contributed by atoms with E-state index < -0.39 is 0 Å². The fourth-order valence-corrected chi connectivity index (χ4v) is 2.31. The molecule has 2 rings (SSSR count). The van der Waals surface area contributed by atoms with Crippen molar-refractivity contribution in [2.24, 2.45) is 0 Å². The van der Waals surface area contributed by atoms with Crippen LogP contribution in [0, 0.1) is 25.7 Å². The molecule has 0 aliphatic rings. The first-order valence-electron chi connectivity index (χ1n) is 6.63. The van der Waals surface area contributed by atoms with E-state index in [1.54, 1.807) is 0 Å². The number of hydrogen-bond donors (Lipinski definition) is 0. The molecule has 0 heterocycles. The molecule has 2 aromatic carbocycles. The average molecular weight is 319 g/mol. The van der Waals surface area contributed by atoms with Crippen molar-refractivity contribution in [2.45, 2.75) is 20.5 Å². The maximum absolute atomic E-state index is 6.21. The van der Waals surface area contributed by atoms with Gasteiger partial charge in [-0.15, -0.1) is 11.6 Å². The maximum atomic E-state index is 6.21. The SMILES string of the molecule is Cc1ccc(COc2ccc(C#CCCl)cc2C)c(Cl)c1. The van der Waals surface area contributed by atoms with Crippen molar-refractivity contribution >= 4 is 23.2 Å². The van der Waals surface area contributed by atoms with E-state index in [1.165, 1.54) is 0 Å². The third-order valence-electron chi connectivity index (χ3n) is 3.07. The number of aryl methyl sites for hydroxylation is 2. The second kappa shape index (κ2) is 7.41. The summed E-state index contributed by atoms with van der Waals surface area (Å²) in [4.78, 5) is 0. The Morgan fingerprint density at radius 2 is 1.90 bits per heavy atom. The van der Waals surface area contributed by atoms with Gasteiger partial charge in [0.15, 0.2) is 0 Å². The topological polar surface area (TPSA) is 9.23 Å². The van der Waals surface area contributed by atoms with Gasteiger partial charge in [-0.3, -0.25) is 0 Å². The highest BCUT2D eigenvalue weighted by atomic mass is 35.5. The quantitative estimate of drug-likeness (QED) is 0.563. The summed E-state index contributed by atoms with van der Waals surface area (Å²) in [5.74, 6) is 7.00. The molecule has 0 bridgehead atoms. The smallest absolute Gasteiger partial charge is 0.122 e. The minimum absolute atomic E-state index is 0.337. The van der Waals surface area contributed by atoms with Gasteiger partial charge in [-0.1, -0.05) is 35.6 Å². The van der Waals surface area contributed by atoms with Crippen molar-refractivity contribution in [3.05, 3.63) is 63.7 Å². The second-order valence-electron chi connectivity index (χ2n) is 4.80. The zero-order chi connectivity index (χ0) is 15.2. The van der Waals surface area contributed by atoms with E-state index >= 15 is 0 Å². The summed E-state index contributed by atoms with van der Waals surface area (Å²) in [6.07, 6.45) is 0. The fourth-order valence-electron chi connectivity index (χ4n) is 1.95. The molecular weight excluding hydrogens is 303 g/mol. The van der Waals surface area contributed by atoms with E-state index in [1.807, 2.05) is 50.2 Å². The molecule has 0 radical (unpaired) electrons. The second-order valence-corrected chi connectivity index (χ2v) is 5.47. The minimum Gasteiger partial charge on any atom is -0.489 e. The molecule has 0 unspecified atom stereocenters. The van der Waals surface area contributed by atoms with Crippen molar-refractivity contribution in [1.82, 2.24) is 0 Å². The number of ether oxygens (including phenoxy) is 1. The zero-order valence-corrected chi connectivity index (χ0v) is 13.6. The third-order valence-corrected chi connectivity index (χ3v) is 3.55. The van der Waals surface area contributed by atoms with Gasteiger partial charge in [0.05, 0.1) is 5.88 Å². The van der Waals surface area contributed by atoms with Crippen LogP contribution >= 0.6 is 23.2 Å². The van der Waals surface area contributed by atoms with Gasteiger partial charge in [0.25, 0.3) is 0 Å². The molecule has 0 saturated heterocycles. The molecule has 108 valence electrons. The van der Waals surface area contributed by atoms with Crippen LogP contribution in [0.5, 0.6) is 5.75 Å². The highest BCUT2D eigenvalue weighted by molar-refractivity contribution is 6.31. The van der Waals surface area contributed by atoms with Crippen molar-refractivity contribution in [1.29, 1.82) is 0 Å². The predicted octanol–water partition coefficient (Wildman–Crippen LogP) is 5.13. The Balaban J connectivity index is 2.09. The van der Waals surface area contributed by atoms with Crippen LogP contribution in [0.25, 0.3) is 0 Å². The molecule has 0 spiro atoms. The number of halogens is 2. The Morgan fingerprint density at radius 3 is 2.57 bits per heavy atom. The monoisotopic (exact) mass is 318 g/mol. The molecular formula is C18H16Cl2O. The summed E-state index contributed by atoms with van der Waals surface area (Å²) >= 11 is 11.8. The Morgan fingerprint density at radius 1 is 1.10 bits per heavy atom. The van der Waals surface area contributed by atoms with Gasteiger partial charge in [-0.25, -0.2) is 0 Å². The van der Waals surface area contributed by atoms with Crippen molar-refractivity contribution in [3.8, 4) is 17.6 Å². The van der Waals surface area contributed by atoms with Crippen molar-refractivity contribution < 1.29 is 4.74 Å². The first-order valence-corrected chi connectivity index (χ1v) is 7.54. The van der Waals surface area contributed by atoms with E-state index in [0.717, 1.165) is 33.0 Å². The lowest BCUT2D eigenvalue weighted by Gasteiger charge is -2.11. The van der Waals surface area contributed by atoms with E-state index in [-0.39, 0.29) is 0 Å². The molecule has 2 aromatic rings. The van der Waals surface area contributed by atoms with E-state index in [2.05, 4.69) is 11.8 Å². The summed E-state index contributed by atoms with van der Waals surface area (Å²) in [7, 11) is 0. The van der Waals surface area contributed by atoms with Crippen molar-refractivity contribution in [3.63, 3.8) is 0 Å². The van der Waals surface area contributed by atoms with Gasteiger partial charge < -0.3 is 4.74 Å². The summed E-state index contributed by atoms with van der Waals surface area (Å²) in [6, 6.07) is 11.8. The highest BCUT2D eigenvalue weighted by Gasteiger charge is 2.04. The summed E-state index contributed by atoms with van der Waals surface area (Å²) < 4.78 is 5.84. The molecule has 0 aliphatic heterocycles. The first-order chi connectivity index (χ1) is 10.1. The molecule has 1 nitrogen and oxygen atoms in total. The Bertz CT molecular complexity index is 696. The Kier molecular flexibility index (Phi) is 5.56. The lowest BCUT2D eigenvalue weighted by Crippen LogP contribution is -1.98. The number of hydrogen-bond acceptors (Lipinski definition) is 1. The molecule has 0 aliphatic carbocycles. The van der Waals surface area contributed by atoms with Gasteiger partial charge in [-0.2, -0.15) is 0 Å². The van der Waals surface area contributed by atoms with Crippen LogP contribution in [0.1, 0.15) is 22.3 Å². The van der Waals surface area contributed by atoms with Gasteiger partial charge >= 0.3 is 0 Å². The zero-order valence-electron chi connectivity index (χ0n) is 12.0. The first kappa shape index (κ1) is 15.8. The van der Waals surface area contributed by atoms with Gasteiger partial charge in [0.2, 0.25) is 0 Å². The van der Waals surface area contributed by atoms with Crippen molar-refractivity contribution in [2.75, 3.05) is 5.88 Å². The van der Waals surface area contributed by atoms with Gasteiger partial charge in [-0.05, 0) is 49.2 Å². The van der Waals surface area contributed by atoms with Crippen LogP contribution in [0.3, 0.4) is 0 Å². The summed E-state index contributed by atoms with van der Waals surface area (Å²) in [6.45, 7) is 4.46. The summed E-state index contributed by atoms with van der Waals surface area (Å²) in [5, 5.41) is 0.734. The van der Waals surface area contributed by atoms with E-state index in [9.17, 15) is 0 Å². The molecule has 21 heavy (non-hydrogen) atoms. The molecule has 3 heteroatoms. The number of benzene rings is 2. The molecule has 0 saturated carbocycles. The van der Waals surface area contributed by atoms with Gasteiger partial charge in [0, 0.05) is 16.1 Å². The Hall–Kier alpha value is -1.62. The van der Waals surface area contributed by atoms with E-state index in [0.29, 0.717) is 12.5 Å². The van der Waals surface area contributed by atoms with Gasteiger partial charge in [0.1, 0.15) is 12.4 Å². The molecule has 0 amide bonds. The normalized spacial score (nSPS) is 9.90. The molecule has 0 N–H and O–H groups in total. The fraction of sp³-hybridized carbons (Fsp3) is 0.222. The standard InChI is InChI=1S/C18H16Cl2O/c1-13-5-7-16(17(20)10-13)12-21-18-8-6-15(4-3-9-19)11-14(18)2/h5-8,10-11H,9,12H2,1-2H3. The number of alkyl halides is 1. The number of rotatable bonds is 3. The van der Waals surface area contributed by atoms with Crippen LogP contribution in [-0.4, -0.2) is 5.88 Å². The predicted molar refractivity (Wildman–Crippen MR) is 89.3 cm³/mol. The lowest BCUT2D eigenvalue weighted by atomic mass is 10.1. The highest BCUT2D eigenvalue weighted by Crippen LogP contribution is 2.23. The van der Waals surface area contributed by atoms with Crippen LogP contribution < -0.4 is 4.74 Å². The molecule has 0 fully saturated rings. The average Bonchev–Trinajstić information content (AvgIpc) is 2.45. The van der Waals surface area contributed by atoms with E-state index in [4.69, 9.17) is 27.9 Å². The summed E-state index contributed by atoms with van der Waals surface area (Å²) in [5.41, 5.74) is 4.10. The molecule has 0 aromatic heterocycles. The van der Waals surface area contributed by atoms with Crippen LogP contribution in [-0.2, 0) is 6.61 Å². The van der Waals surface area contributed by atoms with Crippen LogP contribution in [0.4, 0.5) is 0 Å². The maximum Gasteiger partial charge on any atom is 0.122 e. The van der Waals surface area contributed by atoms with Crippen LogP contribution in [0.2, 0.25) is 5.02 Å². The third kappa shape index (κ3) is 4.43. The molecule has 0 atom stereocenters. The minimum atomic E-state index is 0.337. The largest absolute Gasteiger partial charge is 0.489 e.